The molecule has 1 N–H and O–H groups in total. The first kappa shape index (κ1) is 44.1. The van der Waals surface area contributed by atoms with Crippen molar-refractivity contribution in [2.24, 2.45) is 0 Å². The van der Waals surface area contributed by atoms with E-state index in [2.05, 4.69) is 23.7 Å². The highest BCUT2D eigenvalue weighted by molar-refractivity contribution is 5.66. The molecule has 0 rings (SSSR count). The summed E-state index contributed by atoms with van der Waals surface area (Å²) in [4.78, 5) is 49.1. The van der Waals surface area contributed by atoms with Gasteiger partial charge < -0.3 is 28.8 Å². The zero-order chi connectivity index (χ0) is 27.7. The molecule has 33 heavy (non-hydrogen) atoms. The molecule has 0 atom stereocenters. The Labute approximate surface area is 199 Å². The molecule has 0 aliphatic carbocycles. The van der Waals surface area contributed by atoms with Crippen molar-refractivity contribution in [1.29, 1.82) is 0 Å². The maximum absolute atomic E-state index is 9.82. The number of aliphatic hydroxyl groups is 1. The Morgan fingerprint density at radius 1 is 0.424 bits per heavy atom. The van der Waals surface area contributed by atoms with E-state index in [1.54, 1.807) is 41.5 Å². The number of esters is 5. The normalized spacial score (nSPS) is 7.52. The van der Waals surface area contributed by atoms with Crippen LogP contribution in [0.4, 0.5) is 0 Å². The van der Waals surface area contributed by atoms with Crippen molar-refractivity contribution >= 4 is 29.8 Å². The predicted octanol–water partition coefficient (Wildman–Crippen LogP) is 2.85. The molecule has 0 heterocycles. The Bertz CT molecular complexity index is 357. The van der Waals surface area contributed by atoms with Gasteiger partial charge in [-0.25, -0.2) is 0 Å². The van der Waals surface area contributed by atoms with Gasteiger partial charge in [-0.2, -0.15) is 0 Å². The van der Waals surface area contributed by atoms with Crippen LogP contribution in [0, 0.1) is 0 Å². The molecule has 0 unspecified atom stereocenters. The average Bonchev–Trinajstić information content (AvgIpc) is 2.64. The molecule has 0 amide bonds. The van der Waals surface area contributed by atoms with Crippen LogP contribution in [0.1, 0.15) is 76.2 Å². The van der Waals surface area contributed by atoms with Crippen LogP contribution in [-0.4, -0.2) is 74.6 Å². The van der Waals surface area contributed by atoms with Gasteiger partial charge in [0.25, 0.3) is 0 Å². The van der Waals surface area contributed by atoms with E-state index in [4.69, 9.17) is 5.11 Å². The Morgan fingerprint density at radius 2 is 0.515 bits per heavy atom. The molecule has 0 saturated carbocycles. The summed E-state index contributed by atoms with van der Waals surface area (Å²) in [5, 5.41) is 7.57. The number of hydrogen-bond donors (Lipinski definition) is 1. The van der Waals surface area contributed by atoms with Crippen molar-refractivity contribution in [2.45, 2.75) is 76.2 Å². The van der Waals surface area contributed by atoms with Crippen molar-refractivity contribution in [3.05, 3.63) is 0 Å². The van der Waals surface area contributed by atoms with Crippen molar-refractivity contribution in [3.8, 4) is 0 Å². The van der Waals surface area contributed by atoms with Crippen LogP contribution in [0.15, 0.2) is 0 Å². The van der Waals surface area contributed by atoms with Crippen LogP contribution in [-0.2, 0) is 47.7 Å². The summed E-state index contributed by atoms with van der Waals surface area (Å²) in [5.74, 6) is -1.05. The van der Waals surface area contributed by atoms with Crippen LogP contribution in [0.3, 0.4) is 0 Å². The van der Waals surface area contributed by atoms with E-state index in [-0.39, 0.29) is 36.5 Å². The summed E-state index contributed by atoms with van der Waals surface area (Å²) < 4.78 is 22.0. The molecule has 11 heteroatoms. The highest BCUT2D eigenvalue weighted by Gasteiger charge is 1.83. The first-order valence-corrected chi connectivity index (χ1v) is 10.5. The topological polar surface area (TPSA) is 152 Å². The second kappa shape index (κ2) is 43.2. The average molecular weight is 487 g/mol. The number of carbonyl (C=O) groups excluding carboxylic acids is 5. The van der Waals surface area contributed by atoms with E-state index in [0.29, 0.717) is 33.0 Å². The molecule has 0 radical (unpaired) electrons. The minimum atomic E-state index is -0.211. The van der Waals surface area contributed by atoms with Gasteiger partial charge >= 0.3 is 29.8 Å². The van der Waals surface area contributed by atoms with Crippen LogP contribution in [0.2, 0.25) is 0 Å². The minimum absolute atomic E-state index is 0.211. The van der Waals surface area contributed by atoms with E-state index in [9.17, 15) is 24.0 Å². The lowest BCUT2D eigenvalue weighted by Gasteiger charge is -1.89. The maximum atomic E-state index is 9.82. The largest absolute Gasteiger partial charge is 0.466 e. The third kappa shape index (κ3) is 144. The molecule has 0 spiro atoms. The summed E-state index contributed by atoms with van der Waals surface area (Å²) in [7, 11) is 0. The number of ether oxygens (including phenoxy) is 5. The quantitative estimate of drug-likeness (QED) is 0.451. The van der Waals surface area contributed by atoms with Gasteiger partial charge in [0.15, 0.2) is 0 Å². The highest BCUT2D eigenvalue weighted by atomic mass is 16.5. The van der Waals surface area contributed by atoms with Crippen molar-refractivity contribution in [1.82, 2.24) is 0 Å². The standard InChI is InChI=1S/5C4H8O2.C2H6O/c5*1-3-6-4(2)5;1-2-3/h5*3H2,1-2H3;3H,2H2,1H3. The molecule has 0 aliphatic rings. The van der Waals surface area contributed by atoms with E-state index in [0.717, 1.165) is 0 Å². The molecule has 0 bridgehead atoms. The molecule has 11 nitrogen and oxygen atoms in total. The van der Waals surface area contributed by atoms with Crippen LogP contribution in [0.25, 0.3) is 0 Å². The molecule has 0 fully saturated rings. The Morgan fingerprint density at radius 3 is 0.515 bits per heavy atom. The summed E-state index contributed by atoms with van der Waals surface area (Å²) in [6, 6.07) is 0. The first-order valence-electron chi connectivity index (χ1n) is 10.5. The molecule has 0 aromatic carbocycles. The molecule has 0 saturated heterocycles. The lowest BCUT2D eigenvalue weighted by atomic mass is 10.8. The monoisotopic (exact) mass is 486 g/mol. The Balaban J connectivity index is -0.0000000670. The van der Waals surface area contributed by atoms with Crippen LogP contribution >= 0.6 is 0 Å². The van der Waals surface area contributed by atoms with Gasteiger partial charge in [0.1, 0.15) is 0 Å². The molecule has 200 valence electrons. The summed E-state index contributed by atoms with van der Waals surface area (Å²) in [5.41, 5.74) is 0. The van der Waals surface area contributed by atoms with Gasteiger partial charge in [0.05, 0.1) is 33.0 Å². The zero-order valence-corrected chi connectivity index (χ0v) is 22.3. The third-order valence-corrected chi connectivity index (χ3v) is 1.74. The summed E-state index contributed by atoms with van der Waals surface area (Å²) in [6.07, 6.45) is 0. The van der Waals surface area contributed by atoms with Gasteiger partial charge in [-0.1, -0.05) is 0 Å². The van der Waals surface area contributed by atoms with E-state index < -0.39 is 0 Å². The highest BCUT2D eigenvalue weighted by Crippen LogP contribution is 1.71. The number of carbonyl (C=O) groups is 5. The summed E-state index contributed by atoms with van der Waals surface area (Å²) >= 11 is 0. The van der Waals surface area contributed by atoms with E-state index in [1.165, 1.54) is 34.6 Å². The fraction of sp³-hybridized carbons (Fsp3) is 0.773. The molecular weight excluding hydrogens is 440 g/mol. The number of rotatable bonds is 5. The van der Waals surface area contributed by atoms with Crippen molar-refractivity contribution in [3.63, 3.8) is 0 Å². The minimum Gasteiger partial charge on any atom is -0.466 e. The van der Waals surface area contributed by atoms with E-state index >= 15 is 0 Å². The second-order valence-electron chi connectivity index (χ2n) is 4.94. The van der Waals surface area contributed by atoms with Gasteiger partial charge in [0.2, 0.25) is 0 Å². The Hall–Kier alpha value is -2.69. The van der Waals surface area contributed by atoms with Crippen molar-refractivity contribution in [2.75, 3.05) is 39.6 Å². The lowest BCUT2D eigenvalue weighted by Crippen LogP contribution is -1.95. The smallest absolute Gasteiger partial charge is 0.302 e. The second-order valence-corrected chi connectivity index (χ2v) is 4.94. The van der Waals surface area contributed by atoms with Gasteiger partial charge in [-0.05, 0) is 41.5 Å². The fourth-order valence-electron chi connectivity index (χ4n) is 1.02. The zero-order valence-electron chi connectivity index (χ0n) is 22.3. The lowest BCUT2D eigenvalue weighted by molar-refractivity contribution is -0.141. The van der Waals surface area contributed by atoms with Crippen LogP contribution < -0.4 is 0 Å². The third-order valence-electron chi connectivity index (χ3n) is 1.74. The van der Waals surface area contributed by atoms with Gasteiger partial charge in [0, 0.05) is 41.2 Å². The molecular formula is C22H46O11. The molecule has 0 aromatic heterocycles. The number of hydrogen-bond acceptors (Lipinski definition) is 11. The van der Waals surface area contributed by atoms with Crippen molar-refractivity contribution < 1.29 is 52.8 Å². The Kier molecular flexibility index (Phi) is 57.7. The van der Waals surface area contributed by atoms with E-state index in [1.807, 2.05) is 0 Å². The maximum Gasteiger partial charge on any atom is 0.302 e. The summed E-state index contributed by atoms with van der Waals surface area (Å²) in [6.45, 7) is 20.2. The van der Waals surface area contributed by atoms with Gasteiger partial charge in [-0.15, -0.1) is 0 Å². The fourth-order valence-corrected chi connectivity index (χ4v) is 1.02. The number of aliphatic hydroxyl groups excluding tert-OH is 1. The van der Waals surface area contributed by atoms with Gasteiger partial charge in [-0.3, -0.25) is 24.0 Å². The predicted molar refractivity (Wildman–Crippen MR) is 124 cm³/mol. The first-order chi connectivity index (χ1) is 15.3. The molecule has 0 aromatic rings. The molecule has 0 aliphatic heterocycles. The van der Waals surface area contributed by atoms with Crippen LogP contribution in [0.5, 0.6) is 0 Å². The SMILES string of the molecule is CCO.CCOC(C)=O.CCOC(C)=O.CCOC(C)=O.CCOC(C)=O.CCOC(C)=O.